The van der Waals surface area contributed by atoms with Gasteiger partial charge in [0.05, 0.1) is 11.3 Å². The summed E-state index contributed by atoms with van der Waals surface area (Å²) in [5, 5.41) is 5.97. The van der Waals surface area contributed by atoms with E-state index in [9.17, 15) is 18.0 Å². The average Bonchev–Trinajstić information content (AvgIpc) is 3.24. The predicted molar refractivity (Wildman–Crippen MR) is 116 cm³/mol. The number of piperidine rings is 1. The summed E-state index contributed by atoms with van der Waals surface area (Å²) in [6.45, 7) is 2.53. The van der Waals surface area contributed by atoms with Crippen molar-refractivity contribution in [3.8, 4) is 10.6 Å². The monoisotopic (exact) mass is 451 g/mol. The maximum atomic E-state index is 12.7. The van der Waals surface area contributed by atoms with Gasteiger partial charge in [0, 0.05) is 42.5 Å². The minimum Gasteiger partial charge on any atom is -0.353 e. The number of likely N-dealkylation sites (tertiary alicyclic amines) is 1. The maximum Gasteiger partial charge on any atom is 0.416 e. The van der Waals surface area contributed by atoms with E-state index in [1.54, 1.807) is 0 Å². The highest BCUT2D eigenvalue weighted by atomic mass is 32.1. The largest absolute Gasteiger partial charge is 0.416 e. The fourth-order valence-electron chi connectivity index (χ4n) is 4.46. The van der Waals surface area contributed by atoms with Crippen LogP contribution in [0.4, 0.5) is 13.2 Å². The van der Waals surface area contributed by atoms with E-state index in [4.69, 9.17) is 0 Å². The van der Waals surface area contributed by atoms with E-state index >= 15 is 0 Å². The molecule has 2 heterocycles. The Bertz CT molecular complexity index is 867. The van der Waals surface area contributed by atoms with Crippen LogP contribution >= 0.6 is 11.3 Å². The van der Waals surface area contributed by atoms with Crippen LogP contribution in [-0.4, -0.2) is 34.9 Å². The Morgan fingerprint density at radius 2 is 1.74 bits per heavy atom. The number of carbonyl (C=O) groups excluding carboxylic acids is 1. The van der Waals surface area contributed by atoms with Crippen LogP contribution < -0.4 is 5.32 Å². The molecule has 2 aliphatic rings. The van der Waals surface area contributed by atoms with Crippen molar-refractivity contribution in [2.24, 2.45) is 5.92 Å². The first-order valence-corrected chi connectivity index (χ1v) is 11.9. The minimum absolute atomic E-state index is 0.199. The van der Waals surface area contributed by atoms with Gasteiger partial charge >= 0.3 is 6.18 Å². The second-order valence-electron chi connectivity index (χ2n) is 8.61. The van der Waals surface area contributed by atoms with Gasteiger partial charge in [-0.05, 0) is 37.8 Å². The van der Waals surface area contributed by atoms with Crippen molar-refractivity contribution < 1.29 is 18.0 Å². The second-order valence-corrected chi connectivity index (χ2v) is 9.47. The lowest BCUT2D eigenvalue weighted by Crippen LogP contribution is -2.46. The van der Waals surface area contributed by atoms with Crippen molar-refractivity contribution in [3.63, 3.8) is 0 Å². The third kappa shape index (κ3) is 5.86. The van der Waals surface area contributed by atoms with Gasteiger partial charge in [-0.2, -0.15) is 13.2 Å². The fraction of sp³-hybridized carbons (Fsp3) is 0.565. The van der Waals surface area contributed by atoms with Gasteiger partial charge < -0.3 is 5.32 Å². The molecule has 0 bridgehead atoms. The van der Waals surface area contributed by atoms with Crippen LogP contribution in [0.1, 0.15) is 56.2 Å². The van der Waals surface area contributed by atoms with Gasteiger partial charge in [-0.25, -0.2) is 4.98 Å². The molecule has 31 heavy (non-hydrogen) atoms. The van der Waals surface area contributed by atoms with E-state index in [1.165, 1.54) is 42.7 Å². The lowest BCUT2D eigenvalue weighted by atomic mass is 9.88. The molecule has 0 spiro atoms. The number of hydrogen-bond acceptors (Lipinski definition) is 4. The van der Waals surface area contributed by atoms with Gasteiger partial charge in [0.15, 0.2) is 0 Å². The number of aromatic nitrogens is 1. The molecule has 168 valence electrons. The summed E-state index contributed by atoms with van der Waals surface area (Å²) in [4.78, 5) is 19.4. The summed E-state index contributed by atoms with van der Waals surface area (Å²) in [6.07, 6.45) is 3.18. The van der Waals surface area contributed by atoms with Crippen LogP contribution in [0.3, 0.4) is 0 Å². The standard InChI is InChI=1S/C23H28F3N3OS/c24-23(25,26)18-8-6-17(7-9-18)22-28-20(15-31-22)14-29-12-10-19(11-13-29)27-21(30)16-4-2-1-3-5-16/h6-9,15-16,19H,1-5,10-14H2,(H,27,30). The lowest BCUT2D eigenvalue weighted by molar-refractivity contribution is -0.137. The maximum absolute atomic E-state index is 12.7. The van der Waals surface area contributed by atoms with Crippen LogP contribution in [0.25, 0.3) is 10.6 Å². The quantitative estimate of drug-likeness (QED) is 0.654. The third-order valence-corrected chi connectivity index (χ3v) is 7.25. The molecule has 1 amide bonds. The number of halogens is 3. The Kier molecular flexibility index (Phi) is 6.96. The Morgan fingerprint density at radius 1 is 1.06 bits per heavy atom. The van der Waals surface area contributed by atoms with Gasteiger partial charge in [0.2, 0.25) is 5.91 Å². The van der Waals surface area contributed by atoms with Crippen molar-refractivity contribution in [2.75, 3.05) is 13.1 Å². The molecule has 1 aliphatic carbocycles. The van der Waals surface area contributed by atoms with Crippen molar-refractivity contribution in [3.05, 3.63) is 40.9 Å². The number of alkyl halides is 3. The summed E-state index contributed by atoms with van der Waals surface area (Å²) in [7, 11) is 0. The molecule has 2 fully saturated rings. The van der Waals surface area contributed by atoms with Crippen LogP contribution in [-0.2, 0) is 17.5 Å². The summed E-state index contributed by atoms with van der Waals surface area (Å²) >= 11 is 1.45. The third-order valence-electron chi connectivity index (χ3n) is 6.31. The Hall–Kier alpha value is -1.93. The molecule has 1 saturated carbocycles. The first-order chi connectivity index (χ1) is 14.9. The molecular formula is C23H28F3N3OS. The van der Waals surface area contributed by atoms with Crippen LogP contribution in [0.2, 0.25) is 0 Å². The molecule has 0 atom stereocenters. The zero-order chi connectivity index (χ0) is 21.8. The first kappa shape index (κ1) is 22.3. The number of nitrogens with zero attached hydrogens (tertiary/aromatic N) is 2. The summed E-state index contributed by atoms with van der Waals surface area (Å²) in [5.74, 6) is 0.434. The highest BCUT2D eigenvalue weighted by Crippen LogP contribution is 2.32. The van der Waals surface area contributed by atoms with Crippen LogP contribution in [0, 0.1) is 5.92 Å². The number of carbonyl (C=O) groups is 1. The molecule has 4 nitrogen and oxygen atoms in total. The zero-order valence-electron chi connectivity index (χ0n) is 17.5. The Labute approximate surface area is 184 Å². The summed E-state index contributed by atoms with van der Waals surface area (Å²) in [6, 6.07) is 5.41. The van der Waals surface area contributed by atoms with E-state index in [2.05, 4.69) is 15.2 Å². The van der Waals surface area contributed by atoms with Gasteiger partial charge in [0.1, 0.15) is 5.01 Å². The predicted octanol–water partition coefficient (Wildman–Crippen LogP) is 5.49. The van der Waals surface area contributed by atoms with Crippen molar-refractivity contribution in [2.45, 2.75) is 63.7 Å². The number of nitrogens with one attached hydrogen (secondary N) is 1. The van der Waals surface area contributed by atoms with Crippen LogP contribution in [0.5, 0.6) is 0 Å². The van der Waals surface area contributed by atoms with Crippen molar-refractivity contribution >= 4 is 17.2 Å². The molecule has 1 aromatic carbocycles. The second kappa shape index (κ2) is 9.69. The topological polar surface area (TPSA) is 45.2 Å². The summed E-state index contributed by atoms with van der Waals surface area (Å²) in [5.41, 5.74) is 0.990. The molecule has 1 N–H and O–H groups in total. The smallest absolute Gasteiger partial charge is 0.353 e. The molecule has 0 unspecified atom stereocenters. The SMILES string of the molecule is O=C(NC1CCN(Cc2csc(-c3ccc(C(F)(F)F)cc3)n2)CC1)C1CCCCC1. The molecule has 8 heteroatoms. The van der Waals surface area contributed by atoms with E-state index in [1.807, 2.05) is 5.38 Å². The van der Waals surface area contributed by atoms with Gasteiger partial charge in [-0.1, -0.05) is 31.4 Å². The molecule has 2 aromatic rings. The highest BCUT2D eigenvalue weighted by Gasteiger charge is 2.30. The molecule has 1 aromatic heterocycles. The number of rotatable bonds is 5. The number of amides is 1. The molecule has 0 radical (unpaired) electrons. The number of benzene rings is 1. The zero-order valence-corrected chi connectivity index (χ0v) is 18.3. The number of thiazole rings is 1. The normalized spacial score (nSPS) is 19.5. The molecule has 1 saturated heterocycles. The Morgan fingerprint density at radius 3 is 2.39 bits per heavy atom. The Balaban J connectivity index is 1.26. The average molecular weight is 452 g/mol. The number of hydrogen-bond donors (Lipinski definition) is 1. The highest BCUT2D eigenvalue weighted by molar-refractivity contribution is 7.13. The van der Waals surface area contributed by atoms with Gasteiger partial charge in [-0.15, -0.1) is 11.3 Å². The van der Waals surface area contributed by atoms with Crippen molar-refractivity contribution in [1.82, 2.24) is 15.2 Å². The van der Waals surface area contributed by atoms with E-state index in [0.717, 1.165) is 68.2 Å². The molecular weight excluding hydrogens is 423 g/mol. The van der Waals surface area contributed by atoms with E-state index in [0.29, 0.717) is 5.56 Å². The summed E-state index contributed by atoms with van der Waals surface area (Å²) < 4.78 is 38.2. The fourth-order valence-corrected chi connectivity index (χ4v) is 5.28. The molecule has 1 aliphatic heterocycles. The van der Waals surface area contributed by atoms with E-state index < -0.39 is 11.7 Å². The lowest BCUT2D eigenvalue weighted by Gasteiger charge is -2.33. The van der Waals surface area contributed by atoms with E-state index in [-0.39, 0.29) is 17.9 Å². The molecule has 4 rings (SSSR count). The minimum atomic E-state index is -4.32. The van der Waals surface area contributed by atoms with Gasteiger partial charge in [-0.3, -0.25) is 9.69 Å². The van der Waals surface area contributed by atoms with Crippen LogP contribution in [0.15, 0.2) is 29.6 Å². The first-order valence-electron chi connectivity index (χ1n) is 11.0. The van der Waals surface area contributed by atoms with Crippen molar-refractivity contribution in [1.29, 1.82) is 0 Å². The van der Waals surface area contributed by atoms with Gasteiger partial charge in [0.25, 0.3) is 0 Å².